The van der Waals surface area contributed by atoms with Gasteiger partial charge in [0.2, 0.25) is 0 Å². The molecule has 1 aliphatic heterocycles. The second-order valence-electron chi connectivity index (χ2n) is 8.68. The zero-order chi connectivity index (χ0) is 21.5. The number of aromatic nitrogens is 3. The monoisotopic (exact) mass is 408 g/mol. The molecular weight excluding hydrogens is 380 g/mol. The molecule has 0 spiro atoms. The van der Waals surface area contributed by atoms with Crippen molar-refractivity contribution >= 4 is 11.7 Å². The number of rotatable bonds is 5. The lowest BCUT2D eigenvalue weighted by atomic mass is 9.97. The molecule has 1 aromatic carbocycles. The fourth-order valence-corrected chi connectivity index (χ4v) is 4.00. The van der Waals surface area contributed by atoms with Crippen molar-refractivity contribution in [1.29, 1.82) is 0 Å². The molecule has 2 aromatic heterocycles. The number of benzene rings is 1. The van der Waals surface area contributed by atoms with Crippen LogP contribution >= 0.6 is 0 Å². The van der Waals surface area contributed by atoms with Gasteiger partial charge < -0.3 is 14.7 Å². The van der Waals surface area contributed by atoms with Crippen molar-refractivity contribution in [2.75, 3.05) is 6.54 Å². The van der Waals surface area contributed by atoms with Crippen molar-refractivity contribution in [2.45, 2.75) is 58.3 Å². The topological polar surface area (TPSA) is 80.0 Å². The molecule has 0 saturated carbocycles. The molecule has 4 rings (SSSR count). The molecule has 1 fully saturated rings. The highest BCUT2D eigenvalue weighted by molar-refractivity contribution is 5.69. The number of fused-ring (bicyclic) bond motifs is 1. The first-order valence-corrected chi connectivity index (χ1v) is 10.3. The van der Waals surface area contributed by atoms with Crippen molar-refractivity contribution < 1.29 is 14.6 Å². The van der Waals surface area contributed by atoms with E-state index in [1.807, 2.05) is 44.3 Å². The Morgan fingerprint density at radius 3 is 2.57 bits per heavy atom. The van der Waals surface area contributed by atoms with E-state index < -0.39 is 5.60 Å². The number of cyclic esters (lactones) is 1. The highest BCUT2D eigenvalue weighted by Crippen LogP contribution is 2.29. The van der Waals surface area contributed by atoms with Gasteiger partial charge in [-0.1, -0.05) is 24.3 Å². The van der Waals surface area contributed by atoms with E-state index in [2.05, 4.69) is 22.2 Å². The van der Waals surface area contributed by atoms with Gasteiger partial charge in [-0.25, -0.2) is 14.3 Å². The van der Waals surface area contributed by atoms with E-state index in [1.54, 1.807) is 23.3 Å². The largest absolute Gasteiger partial charge is 0.446 e. The fourth-order valence-electron chi connectivity index (χ4n) is 4.00. The molecule has 3 heterocycles. The summed E-state index contributed by atoms with van der Waals surface area (Å²) in [6, 6.07) is 12.1. The van der Waals surface area contributed by atoms with E-state index >= 15 is 0 Å². The van der Waals surface area contributed by atoms with E-state index in [-0.39, 0.29) is 18.2 Å². The van der Waals surface area contributed by atoms with E-state index in [4.69, 9.17) is 4.74 Å². The van der Waals surface area contributed by atoms with Crippen LogP contribution in [0, 0.1) is 6.92 Å². The van der Waals surface area contributed by atoms with Crippen molar-refractivity contribution in [1.82, 2.24) is 19.5 Å². The van der Waals surface area contributed by atoms with Gasteiger partial charge in [-0.3, -0.25) is 0 Å². The highest BCUT2D eigenvalue weighted by atomic mass is 16.6. The van der Waals surface area contributed by atoms with E-state index in [9.17, 15) is 9.90 Å². The van der Waals surface area contributed by atoms with Crippen LogP contribution in [0.3, 0.4) is 0 Å². The van der Waals surface area contributed by atoms with E-state index in [1.165, 1.54) is 0 Å². The first kappa shape index (κ1) is 20.3. The maximum absolute atomic E-state index is 12.5. The lowest BCUT2D eigenvalue weighted by molar-refractivity contribution is -0.0309. The van der Waals surface area contributed by atoms with Crippen LogP contribution in [-0.2, 0) is 4.74 Å². The van der Waals surface area contributed by atoms with E-state index in [0.717, 1.165) is 34.6 Å². The molecule has 1 saturated heterocycles. The van der Waals surface area contributed by atoms with Gasteiger partial charge in [0, 0.05) is 31.1 Å². The second-order valence-corrected chi connectivity index (χ2v) is 8.68. The number of carbonyl (C=O) groups excluding carboxylic acids is 1. The van der Waals surface area contributed by atoms with E-state index in [0.29, 0.717) is 13.0 Å². The Balaban J connectivity index is 1.46. The first-order valence-electron chi connectivity index (χ1n) is 10.3. The lowest BCUT2D eigenvalue weighted by Crippen LogP contribution is -2.45. The molecule has 2 unspecified atom stereocenters. The molecule has 3 aromatic rings. The predicted molar refractivity (Wildman–Crippen MR) is 114 cm³/mol. The third kappa shape index (κ3) is 4.31. The Morgan fingerprint density at radius 2 is 1.90 bits per heavy atom. The van der Waals surface area contributed by atoms with Crippen LogP contribution in [0.2, 0.25) is 0 Å². The first-order chi connectivity index (χ1) is 14.2. The third-order valence-corrected chi connectivity index (χ3v) is 5.55. The Bertz CT molecular complexity index is 1050. The standard InChI is InChI=1S/C23H28N4O3/c1-15(26-12-11-20(30-22(26)28)13-23(3,4)29)17-5-7-18(8-6-17)19-9-10-21-24-16(2)25-27(21)14-19/h5-10,14-15,20,29H,11-13H2,1-4H3. The summed E-state index contributed by atoms with van der Waals surface area (Å²) in [6.07, 6.45) is 2.58. The van der Waals surface area contributed by atoms with Crippen LogP contribution in [-0.4, -0.2) is 48.9 Å². The number of aryl methyl sites for hydroxylation is 1. The molecule has 30 heavy (non-hydrogen) atoms. The summed E-state index contributed by atoms with van der Waals surface area (Å²) in [4.78, 5) is 18.6. The van der Waals surface area contributed by atoms with Gasteiger partial charge in [0.1, 0.15) is 11.9 Å². The minimum Gasteiger partial charge on any atom is -0.446 e. The van der Waals surface area contributed by atoms with Gasteiger partial charge in [-0.05, 0) is 51.0 Å². The van der Waals surface area contributed by atoms with Crippen molar-refractivity contribution in [3.05, 3.63) is 54.0 Å². The van der Waals surface area contributed by atoms with Crippen molar-refractivity contribution in [2.24, 2.45) is 0 Å². The maximum atomic E-state index is 12.5. The Kier molecular flexibility index (Phi) is 5.24. The Labute approximate surface area is 176 Å². The number of aliphatic hydroxyl groups is 1. The molecular formula is C23H28N4O3. The SMILES string of the molecule is Cc1nc2ccc(-c3ccc(C(C)N4CCC(CC(C)(C)O)OC4=O)cc3)cn2n1. The quantitative estimate of drug-likeness (QED) is 0.686. The molecule has 1 N–H and O–H groups in total. The number of amides is 1. The summed E-state index contributed by atoms with van der Waals surface area (Å²) in [5.41, 5.74) is 3.16. The van der Waals surface area contributed by atoms with Crippen LogP contribution in [0.15, 0.2) is 42.6 Å². The summed E-state index contributed by atoms with van der Waals surface area (Å²) in [7, 11) is 0. The van der Waals surface area contributed by atoms with Crippen molar-refractivity contribution in [3.8, 4) is 11.1 Å². The average molecular weight is 409 g/mol. The fraction of sp³-hybridized carbons (Fsp3) is 0.435. The highest BCUT2D eigenvalue weighted by Gasteiger charge is 2.33. The average Bonchev–Trinajstić information content (AvgIpc) is 3.05. The summed E-state index contributed by atoms with van der Waals surface area (Å²) in [5.74, 6) is 0.745. The molecule has 1 amide bonds. The molecule has 0 bridgehead atoms. The Hall–Kier alpha value is -2.93. The summed E-state index contributed by atoms with van der Waals surface area (Å²) >= 11 is 0. The van der Waals surface area contributed by atoms with Crippen LogP contribution in [0.1, 0.15) is 51.0 Å². The maximum Gasteiger partial charge on any atom is 0.410 e. The van der Waals surface area contributed by atoms with Crippen LogP contribution in [0.5, 0.6) is 0 Å². The van der Waals surface area contributed by atoms with Crippen LogP contribution in [0.25, 0.3) is 16.8 Å². The molecule has 0 aliphatic carbocycles. The second kappa shape index (κ2) is 7.72. The van der Waals surface area contributed by atoms with Gasteiger partial charge in [0.05, 0.1) is 11.6 Å². The summed E-state index contributed by atoms with van der Waals surface area (Å²) in [5, 5.41) is 14.3. The molecule has 7 heteroatoms. The third-order valence-electron chi connectivity index (χ3n) is 5.55. The predicted octanol–water partition coefficient (Wildman–Crippen LogP) is 4.14. The minimum atomic E-state index is -0.845. The number of carbonyl (C=O) groups is 1. The molecule has 0 radical (unpaired) electrons. The van der Waals surface area contributed by atoms with Gasteiger partial charge in [-0.15, -0.1) is 0 Å². The molecule has 7 nitrogen and oxygen atoms in total. The number of hydrogen-bond donors (Lipinski definition) is 1. The van der Waals surface area contributed by atoms with Gasteiger partial charge >= 0.3 is 6.09 Å². The number of nitrogens with zero attached hydrogens (tertiary/aromatic N) is 4. The number of pyridine rings is 1. The molecule has 158 valence electrons. The Morgan fingerprint density at radius 1 is 1.20 bits per heavy atom. The summed E-state index contributed by atoms with van der Waals surface area (Å²) < 4.78 is 7.35. The minimum absolute atomic E-state index is 0.0879. The van der Waals surface area contributed by atoms with Crippen molar-refractivity contribution in [3.63, 3.8) is 0 Å². The lowest BCUT2D eigenvalue weighted by Gasteiger charge is -2.37. The zero-order valence-electron chi connectivity index (χ0n) is 17.9. The smallest absolute Gasteiger partial charge is 0.410 e. The normalized spacial score (nSPS) is 18.5. The van der Waals surface area contributed by atoms with Gasteiger partial charge in [0.15, 0.2) is 5.65 Å². The zero-order valence-corrected chi connectivity index (χ0v) is 17.9. The molecule has 1 aliphatic rings. The van der Waals surface area contributed by atoms with Crippen LogP contribution < -0.4 is 0 Å². The van der Waals surface area contributed by atoms with Crippen LogP contribution in [0.4, 0.5) is 4.79 Å². The molecule has 2 atom stereocenters. The van der Waals surface area contributed by atoms with Gasteiger partial charge in [-0.2, -0.15) is 5.10 Å². The summed E-state index contributed by atoms with van der Waals surface area (Å²) in [6.45, 7) is 7.97. The number of hydrogen-bond acceptors (Lipinski definition) is 5. The number of ether oxygens (including phenoxy) is 1. The van der Waals surface area contributed by atoms with Gasteiger partial charge in [0.25, 0.3) is 0 Å².